The second-order valence-electron chi connectivity index (χ2n) is 9.53. The van der Waals surface area contributed by atoms with Crippen LogP contribution < -0.4 is 10.1 Å². The molecule has 1 amide bonds. The molecular weight excluding hydrogens is 414 g/mol. The number of aryl methyl sites for hydroxylation is 1. The summed E-state index contributed by atoms with van der Waals surface area (Å²) in [6, 6.07) is 6.05. The van der Waals surface area contributed by atoms with Crippen LogP contribution in [-0.4, -0.2) is 67.2 Å². The maximum absolute atomic E-state index is 11.6. The largest absolute Gasteiger partial charge is 0.494 e. The average Bonchev–Trinajstić information content (AvgIpc) is 3.04. The minimum Gasteiger partial charge on any atom is -0.494 e. The van der Waals surface area contributed by atoms with Crippen molar-refractivity contribution in [3.05, 3.63) is 47.7 Å². The molecule has 2 heterocycles. The van der Waals surface area contributed by atoms with Gasteiger partial charge in [-0.25, -0.2) is 0 Å². The molecule has 33 heavy (non-hydrogen) atoms. The predicted molar refractivity (Wildman–Crippen MR) is 133 cm³/mol. The molecule has 2 aliphatic heterocycles. The first-order chi connectivity index (χ1) is 16.1. The van der Waals surface area contributed by atoms with E-state index in [-0.39, 0.29) is 18.1 Å². The average molecular weight is 454 g/mol. The smallest absolute Gasteiger partial charge is 0.224 e. The molecule has 180 valence electrons. The molecule has 4 rings (SSSR count). The highest BCUT2D eigenvalue weighted by molar-refractivity contribution is 5.94. The van der Waals surface area contributed by atoms with E-state index >= 15 is 0 Å². The number of rotatable bonds is 9. The highest BCUT2D eigenvalue weighted by atomic mass is 16.5. The summed E-state index contributed by atoms with van der Waals surface area (Å²) in [5.74, 6) is 0.934. The molecule has 0 aromatic heterocycles. The molecule has 6 nitrogen and oxygen atoms in total. The van der Waals surface area contributed by atoms with Gasteiger partial charge in [0.15, 0.2) is 0 Å². The number of fused-ring (bicyclic) bond motifs is 1. The SMILES string of the molecule is CC(C)OC1CC=CC=C1N1CCCN(CCCCOc2ccc3c(c2)NC(=O)CC3)CC1. The maximum Gasteiger partial charge on any atom is 0.224 e. The second kappa shape index (κ2) is 11.7. The molecule has 1 N–H and O–H groups in total. The molecule has 3 aliphatic rings. The van der Waals surface area contributed by atoms with Crippen LogP contribution in [0.15, 0.2) is 42.1 Å². The first kappa shape index (κ1) is 23.8. The number of carbonyl (C=O) groups is 1. The van der Waals surface area contributed by atoms with Gasteiger partial charge in [0, 0.05) is 43.5 Å². The van der Waals surface area contributed by atoms with E-state index in [2.05, 4.69) is 53.3 Å². The number of nitrogens with zero attached hydrogens (tertiary/aromatic N) is 2. The summed E-state index contributed by atoms with van der Waals surface area (Å²) in [4.78, 5) is 16.7. The molecule has 0 bridgehead atoms. The van der Waals surface area contributed by atoms with Gasteiger partial charge in [-0.1, -0.05) is 18.2 Å². The Morgan fingerprint density at radius 3 is 2.91 bits per heavy atom. The fourth-order valence-corrected chi connectivity index (χ4v) is 4.88. The van der Waals surface area contributed by atoms with Crippen LogP contribution in [0.1, 0.15) is 51.5 Å². The summed E-state index contributed by atoms with van der Waals surface area (Å²) < 4.78 is 12.1. The number of allylic oxidation sites excluding steroid dienone is 2. The third-order valence-corrected chi connectivity index (χ3v) is 6.59. The van der Waals surface area contributed by atoms with Crippen LogP contribution in [0, 0.1) is 0 Å². The molecule has 0 radical (unpaired) electrons. The lowest BCUT2D eigenvalue weighted by molar-refractivity contribution is -0.116. The number of ether oxygens (including phenoxy) is 2. The molecular formula is C27H39N3O3. The molecule has 1 aliphatic carbocycles. The number of nitrogens with one attached hydrogen (secondary N) is 1. The van der Waals surface area contributed by atoms with Gasteiger partial charge in [-0.15, -0.1) is 0 Å². The van der Waals surface area contributed by atoms with Crippen LogP contribution in [-0.2, 0) is 16.0 Å². The third-order valence-electron chi connectivity index (χ3n) is 6.59. The van der Waals surface area contributed by atoms with E-state index in [1.165, 1.54) is 17.7 Å². The van der Waals surface area contributed by atoms with Gasteiger partial charge in [-0.3, -0.25) is 4.79 Å². The van der Waals surface area contributed by atoms with E-state index in [1.807, 2.05) is 12.1 Å². The number of hydrogen-bond donors (Lipinski definition) is 1. The molecule has 1 atom stereocenters. The molecule has 1 aromatic carbocycles. The van der Waals surface area contributed by atoms with Gasteiger partial charge < -0.3 is 24.6 Å². The van der Waals surface area contributed by atoms with Crippen molar-refractivity contribution in [2.75, 3.05) is 44.6 Å². The van der Waals surface area contributed by atoms with Gasteiger partial charge in [-0.2, -0.15) is 0 Å². The second-order valence-corrected chi connectivity index (χ2v) is 9.53. The zero-order chi connectivity index (χ0) is 23.0. The van der Waals surface area contributed by atoms with Gasteiger partial charge >= 0.3 is 0 Å². The summed E-state index contributed by atoms with van der Waals surface area (Å²) in [7, 11) is 0. The standard InChI is InChI=1S/C27H39N3O3/c1-21(2)33-26-9-4-3-8-25(26)30-16-7-15-29(17-18-30)14-5-6-19-32-23-12-10-22-11-13-27(31)28-24(22)20-23/h3-4,8,10,12,20-21,26H,5-7,9,11,13-19H2,1-2H3,(H,28,31). The Morgan fingerprint density at radius 2 is 2.03 bits per heavy atom. The first-order valence-corrected chi connectivity index (χ1v) is 12.6. The summed E-state index contributed by atoms with van der Waals surface area (Å²) in [6.07, 6.45) is 12.8. The van der Waals surface area contributed by atoms with E-state index in [0.29, 0.717) is 13.0 Å². The van der Waals surface area contributed by atoms with Crippen LogP contribution in [0.2, 0.25) is 0 Å². The minimum absolute atomic E-state index is 0.0925. The van der Waals surface area contributed by atoms with Crippen molar-refractivity contribution in [2.45, 2.75) is 64.6 Å². The summed E-state index contributed by atoms with van der Waals surface area (Å²) in [6.45, 7) is 10.5. The summed E-state index contributed by atoms with van der Waals surface area (Å²) >= 11 is 0. The molecule has 1 unspecified atom stereocenters. The lowest BCUT2D eigenvalue weighted by atomic mass is 10.0. The Hall–Kier alpha value is -2.31. The number of anilines is 1. The lowest BCUT2D eigenvalue weighted by Crippen LogP contribution is -2.36. The van der Waals surface area contributed by atoms with E-state index < -0.39 is 0 Å². The van der Waals surface area contributed by atoms with E-state index in [0.717, 1.165) is 69.8 Å². The molecule has 1 saturated heterocycles. The van der Waals surface area contributed by atoms with Gasteiger partial charge in [0.05, 0.1) is 12.7 Å². The molecule has 0 saturated carbocycles. The highest BCUT2D eigenvalue weighted by Gasteiger charge is 2.24. The topological polar surface area (TPSA) is 54.0 Å². The molecule has 1 aromatic rings. The van der Waals surface area contributed by atoms with Crippen molar-refractivity contribution in [2.24, 2.45) is 0 Å². The van der Waals surface area contributed by atoms with Crippen LogP contribution in [0.5, 0.6) is 5.75 Å². The summed E-state index contributed by atoms with van der Waals surface area (Å²) in [5, 5.41) is 2.94. The van der Waals surface area contributed by atoms with Crippen molar-refractivity contribution in [3.63, 3.8) is 0 Å². The van der Waals surface area contributed by atoms with E-state index in [1.54, 1.807) is 0 Å². The number of amides is 1. The minimum atomic E-state index is 0.0925. The van der Waals surface area contributed by atoms with Crippen molar-refractivity contribution < 1.29 is 14.3 Å². The number of carbonyl (C=O) groups excluding carboxylic acids is 1. The molecule has 6 heteroatoms. The van der Waals surface area contributed by atoms with E-state index in [4.69, 9.17) is 9.47 Å². The number of unbranched alkanes of at least 4 members (excludes halogenated alkanes) is 1. The van der Waals surface area contributed by atoms with E-state index in [9.17, 15) is 4.79 Å². The van der Waals surface area contributed by atoms with Crippen LogP contribution >= 0.6 is 0 Å². The van der Waals surface area contributed by atoms with Crippen molar-refractivity contribution in [1.82, 2.24) is 9.80 Å². The number of hydrogen-bond acceptors (Lipinski definition) is 5. The quantitative estimate of drug-likeness (QED) is 0.563. The van der Waals surface area contributed by atoms with Crippen molar-refractivity contribution >= 4 is 11.6 Å². The Kier molecular flexibility index (Phi) is 8.46. The van der Waals surface area contributed by atoms with Crippen LogP contribution in [0.3, 0.4) is 0 Å². The first-order valence-electron chi connectivity index (χ1n) is 12.6. The van der Waals surface area contributed by atoms with Crippen molar-refractivity contribution in [1.29, 1.82) is 0 Å². The van der Waals surface area contributed by atoms with Gasteiger partial charge in [-0.05, 0) is 76.7 Å². The van der Waals surface area contributed by atoms with Gasteiger partial charge in [0.2, 0.25) is 5.91 Å². The zero-order valence-electron chi connectivity index (χ0n) is 20.2. The predicted octanol–water partition coefficient (Wildman–Crippen LogP) is 4.38. The van der Waals surface area contributed by atoms with Crippen molar-refractivity contribution in [3.8, 4) is 5.75 Å². The Bertz CT molecular complexity index is 864. The Morgan fingerprint density at radius 1 is 1.12 bits per heavy atom. The highest BCUT2D eigenvalue weighted by Crippen LogP contribution is 2.27. The molecule has 1 fully saturated rings. The number of benzene rings is 1. The van der Waals surface area contributed by atoms with Crippen LogP contribution in [0.4, 0.5) is 5.69 Å². The maximum atomic E-state index is 11.6. The fourth-order valence-electron chi connectivity index (χ4n) is 4.88. The fraction of sp³-hybridized carbons (Fsp3) is 0.593. The molecule has 0 spiro atoms. The van der Waals surface area contributed by atoms with Crippen LogP contribution in [0.25, 0.3) is 0 Å². The lowest BCUT2D eigenvalue weighted by Gasteiger charge is -2.33. The third kappa shape index (κ3) is 6.84. The zero-order valence-corrected chi connectivity index (χ0v) is 20.2. The Balaban J connectivity index is 1.17. The monoisotopic (exact) mass is 453 g/mol. The van der Waals surface area contributed by atoms with Gasteiger partial charge in [0.1, 0.15) is 11.9 Å². The summed E-state index contributed by atoms with van der Waals surface area (Å²) in [5.41, 5.74) is 3.45. The normalized spacial score (nSPS) is 21.4. The van der Waals surface area contributed by atoms with Gasteiger partial charge in [0.25, 0.3) is 0 Å². The Labute approximate surface area is 198 Å².